The van der Waals surface area contributed by atoms with E-state index in [2.05, 4.69) is 37.7 Å². The summed E-state index contributed by atoms with van der Waals surface area (Å²) in [6, 6.07) is 0.567. The first-order valence-corrected chi connectivity index (χ1v) is 7.07. The first kappa shape index (κ1) is 11.8. The van der Waals surface area contributed by atoms with E-state index in [1.54, 1.807) is 0 Å². The number of anilines is 1. The molecule has 1 aliphatic rings. The summed E-state index contributed by atoms with van der Waals surface area (Å²) in [6.45, 7) is 3.36. The van der Waals surface area contributed by atoms with Crippen molar-refractivity contribution >= 4 is 21.9 Å². The van der Waals surface area contributed by atoms with Gasteiger partial charge in [-0.3, -0.25) is 0 Å². The van der Waals surface area contributed by atoms with Gasteiger partial charge in [0.15, 0.2) is 0 Å². The van der Waals surface area contributed by atoms with E-state index in [1.807, 2.05) is 12.4 Å². The van der Waals surface area contributed by atoms with Gasteiger partial charge in [-0.15, -0.1) is 0 Å². The molecule has 1 fully saturated rings. The van der Waals surface area contributed by atoms with Gasteiger partial charge in [-0.25, -0.2) is 9.97 Å². The largest absolute Gasteiger partial charge is 0.338 e. The number of halogens is 1. The SMILES string of the molecule is CC1CCCCCN1c1ncc(CBr)cn1. The Labute approximate surface area is 105 Å². The Balaban J connectivity index is 2.14. The minimum atomic E-state index is 0.567. The topological polar surface area (TPSA) is 29.0 Å². The average Bonchev–Trinajstić information content (AvgIpc) is 2.54. The third-order valence-electron chi connectivity index (χ3n) is 3.16. The van der Waals surface area contributed by atoms with E-state index in [0.29, 0.717) is 6.04 Å². The summed E-state index contributed by atoms with van der Waals surface area (Å²) >= 11 is 3.41. The second kappa shape index (κ2) is 5.62. The van der Waals surface area contributed by atoms with E-state index in [9.17, 15) is 0 Å². The van der Waals surface area contributed by atoms with Gasteiger partial charge in [0.2, 0.25) is 5.95 Å². The van der Waals surface area contributed by atoms with E-state index in [4.69, 9.17) is 0 Å². The first-order chi connectivity index (χ1) is 7.81. The molecule has 0 saturated carbocycles. The van der Waals surface area contributed by atoms with Gasteiger partial charge in [-0.1, -0.05) is 28.8 Å². The van der Waals surface area contributed by atoms with Crippen LogP contribution in [0.15, 0.2) is 12.4 Å². The van der Waals surface area contributed by atoms with Crippen LogP contribution in [0.1, 0.15) is 38.2 Å². The van der Waals surface area contributed by atoms with E-state index < -0.39 is 0 Å². The number of hydrogen-bond donors (Lipinski definition) is 0. The summed E-state index contributed by atoms with van der Waals surface area (Å²) in [6.07, 6.45) is 9.00. The lowest BCUT2D eigenvalue weighted by atomic mass is 10.1. The maximum Gasteiger partial charge on any atom is 0.225 e. The Morgan fingerprint density at radius 3 is 2.75 bits per heavy atom. The lowest BCUT2D eigenvalue weighted by molar-refractivity contribution is 0.604. The molecule has 0 radical (unpaired) electrons. The van der Waals surface area contributed by atoms with Gasteiger partial charge in [0, 0.05) is 30.3 Å². The fourth-order valence-corrected chi connectivity index (χ4v) is 2.43. The van der Waals surface area contributed by atoms with Crippen molar-refractivity contribution in [3.8, 4) is 0 Å². The normalized spacial score (nSPS) is 21.9. The molecule has 1 aromatic heterocycles. The molecule has 16 heavy (non-hydrogen) atoms. The summed E-state index contributed by atoms with van der Waals surface area (Å²) in [5, 5.41) is 0.822. The van der Waals surface area contributed by atoms with Gasteiger partial charge in [0.25, 0.3) is 0 Å². The molecule has 0 amide bonds. The molecule has 0 aromatic carbocycles. The van der Waals surface area contributed by atoms with Crippen LogP contribution in [-0.2, 0) is 5.33 Å². The molecule has 1 atom stereocenters. The third kappa shape index (κ3) is 2.73. The molecule has 3 nitrogen and oxygen atoms in total. The predicted molar refractivity (Wildman–Crippen MR) is 69.9 cm³/mol. The van der Waals surface area contributed by atoms with Crippen LogP contribution >= 0.6 is 15.9 Å². The highest BCUT2D eigenvalue weighted by Crippen LogP contribution is 2.20. The zero-order valence-corrected chi connectivity index (χ0v) is 11.3. The van der Waals surface area contributed by atoms with Gasteiger partial charge in [0.05, 0.1) is 0 Å². The van der Waals surface area contributed by atoms with Crippen LogP contribution in [-0.4, -0.2) is 22.6 Å². The van der Waals surface area contributed by atoms with Crippen molar-refractivity contribution in [2.75, 3.05) is 11.4 Å². The van der Waals surface area contributed by atoms with E-state index in [-0.39, 0.29) is 0 Å². The third-order valence-corrected chi connectivity index (χ3v) is 3.80. The zero-order valence-electron chi connectivity index (χ0n) is 9.69. The van der Waals surface area contributed by atoms with Crippen molar-refractivity contribution in [3.05, 3.63) is 18.0 Å². The molecule has 2 heterocycles. The second-order valence-corrected chi connectivity index (χ2v) is 4.98. The summed E-state index contributed by atoms with van der Waals surface area (Å²) in [5.41, 5.74) is 1.13. The molecule has 1 saturated heterocycles. The predicted octanol–water partition coefficient (Wildman–Crippen LogP) is 3.14. The Hall–Kier alpha value is -0.640. The molecule has 88 valence electrons. The van der Waals surface area contributed by atoms with Gasteiger partial charge in [0.1, 0.15) is 0 Å². The number of alkyl halides is 1. The lowest BCUT2D eigenvalue weighted by Crippen LogP contribution is -2.33. The molecule has 1 unspecified atom stereocenters. The van der Waals surface area contributed by atoms with Crippen molar-refractivity contribution < 1.29 is 0 Å². The molecule has 0 aliphatic carbocycles. The number of hydrogen-bond acceptors (Lipinski definition) is 3. The summed E-state index contributed by atoms with van der Waals surface area (Å²) in [7, 11) is 0. The Morgan fingerprint density at radius 1 is 1.31 bits per heavy atom. The standard InChI is InChI=1S/C12H18BrN3/c1-10-5-3-2-4-6-16(10)12-14-8-11(7-13)9-15-12/h8-10H,2-7H2,1H3. The first-order valence-electron chi connectivity index (χ1n) is 5.95. The van der Waals surface area contributed by atoms with E-state index in [0.717, 1.165) is 23.4 Å². The van der Waals surface area contributed by atoms with Crippen LogP contribution in [0, 0.1) is 0 Å². The summed E-state index contributed by atoms with van der Waals surface area (Å²) in [4.78, 5) is 11.2. The Kier molecular flexibility index (Phi) is 4.16. The van der Waals surface area contributed by atoms with Gasteiger partial charge in [-0.05, 0) is 25.3 Å². The van der Waals surface area contributed by atoms with Crippen molar-refractivity contribution in [1.82, 2.24) is 9.97 Å². The van der Waals surface area contributed by atoms with Gasteiger partial charge in [-0.2, -0.15) is 0 Å². The smallest absolute Gasteiger partial charge is 0.225 e. The Bertz CT molecular complexity index is 326. The number of nitrogens with zero attached hydrogens (tertiary/aromatic N) is 3. The Morgan fingerprint density at radius 2 is 2.06 bits per heavy atom. The fourth-order valence-electron chi connectivity index (χ4n) is 2.14. The minimum absolute atomic E-state index is 0.567. The molecule has 2 rings (SSSR count). The van der Waals surface area contributed by atoms with E-state index >= 15 is 0 Å². The highest BCUT2D eigenvalue weighted by Gasteiger charge is 2.18. The van der Waals surface area contributed by atoms with E-state index in [1.165, 1.54) is 25.7 Å². The highest BCUT2D eigenvalue weighted by atomic mass is 79.9. The van der Waals surface area contributed by atoms with Crippen LogP contribution in [0.2, 0.25) is 0 Å². The quantitative estimate of drug-likeness (QED) is 0.781. The number of aromatic nitrogens is 2. The average molecular weight is 284 g/mol. The maximum atomic E-state index is 4.45. The number of rotatable bonds is 2. The molecule has 4 heteroatoms. The lowest BCUT2D eigenvalue weighted by Gasteiger charge is -2.26. The molecule has 0 spiro atoms. The summed E-state index contributed by atoms with van der Waals surface area (Å²) < 4.78 is 0. The zero-order chi connectivity index (χ0) is 11.4. The van der Waals surface area contributed by atoms with Gasteiger partial charge >= 0.3 is 0 Å². The van der Waals surface area contributed by atoms with Crippen LogP contribution in [0.3, 0.4) is 0 Å². The minimum Gasteiger partial charge on any atom is -0.338 e. The molecular formula is C12H18BrN3. The monoisotopic (exact) mass is 283 g/mol. The highest BCUT2D eigenvalue weighted by molar-refractivity contribution is 9.08. The van der Waals surface area contributed by atoms with Crippen LogP contribution in [0.4, 0.5) is 5.95 Å². The molecular weight excluding hydrogens is 266 g/mol. The molecule has 0 N–H and O–H groups in total. The van der Waals surface area contributed by atoms with Crippen molar-refractivity contribution in [1.29, 1.82) is 0 Å². The van der Waals surface area contributed by atoms with Gasteiger partial charge < -0.3 is 4.90 Å². The second-order valence-electron chi connectivity index (χ2n) is 4.42. The maximum absolute atomic E-state index is 4.45. The van der Waals surface area contributed by atoms with Crippen molar-refractivity contribution in [2.24, 2.45) is 0 Å². The fraction of sp³-hybridized carbons (Fsp3) is 0.667. The van der Waals surface area contributed by atoms with Crippen LogP contribution in [0.5, 0.6) is 0 Å². The van der Waals surface area contributed by atoms with Crippen molar-refractivity contribution in [2.45, 2.75) is 44.0 Å². The molecule has 0 bridgehead atoms. The molecule has 1 aliphatic heterocycles. The molecule has 1 aromatic rings. The van der Waals surface area contributed by atoms with Crippen LogP contribution in [0.25, 0.3) is 0 Å². The van der Waals surface area contributed by atoms with Crippen LogP contribution < -0.4 is 4.90 Å². The summed E-state index contributed by atoms with van der Waals surface area (Å²) in [5.74, 6) is 0.888. The van der Waals surface area contributed by atoms with Crippen molar-refractivity contribution in [3.63, 3.8) is 0 Å².